The van der Waals surface area contributed by atoms with Crippen LogP contribution in [0.2, 0.25) is 0 Å². The number of hydrogen-bond donors (Lipinski definition) is 2. The number of nitrogens with zero attached hydrogens (tertiary/aromatic N) is 2. The van der Waals surface area contributed by atoms with E-state index in [1.807, 2.05) is 0 Å². The van der Waals surface area contributed by atoms with E-state index in [2.05, 4.69) is 4.98 Å². The molecule has 6 heteroatoms. The molecule has 3 N–H and O–H groups in total. The van der Waals surface area contributed by atoms with Gasteiger partial charge in [0, 0.05) is 19.2 Å². The maximum absolute atomic E-state index is 13.4. The highest BCUT2D eigenvalue weighted by molar-refractivity contribution is 5.47. The van der Waals surface area contributed by atoms with Crippen LogP contribution in [0, 0.1) is 11.6 Å². The zero-order chi connectivity index (χ0) is 11.7. The number of anilines is 2. The van der Waals surface area contributed by atoms with Crippen LogP contribution in [0.25, 0.3) is 0 Å². The maximum Gasteiger partial charge on any atom is 0.168 e. The van der Waals surface area contributed by atoms with Crippen molar-refractivity contribution in [1.29, 1.82) is 0 Å². The molecule has 0 radical (unpaired) electrons. The average molecular weight is 229 g/mol. The van der Waals surface area contributed by atoms with Crippen molar-refractivity contribution in [2.75, 3.05) is 23.7 Å². The van der Waals surface area contributed by atoms with E-state index in [0.717, 1.165) is 6.07 Å². The fraction of sp³-hybridized carbons (Fsp3) is 0.500. The lowest BCUT2D eigenvalue weighted by atomic mass is 10.1. The molecule has 1 fully saturated rings. The van der Waals surface area contributed by atoms with Gasteiger partial charge in [-0.15, -0.1) is 0 Å². The van der Waals surface area contributed by atoms with Gasteiger partial charge in [-0.1, -0.05) is 0 Å². The van der Waals surface area contributed by atoms with Crippen LogP contribution in [0.5, 0.6) is 0 Å². The fourth-order valence-corrected chi connectivity index (χ4v) is 1.77. The van der Waals surface area contributed by atoms with Gasteiger partial charge < -0.3 is 15.7 Å². The van der Waals surface area contributed by atoms with Gasteiger partial charge in [-0.25, -0.2) is 13.8 Å². The highest BCUT2D eigenvalue weighted by Gasteiger charge is 2.21. The van der Waals surface area contributed by atoms with Crippen LogP contribution in [0.15, 0.2) is 6.07 Å². The molecule has 4 nitrogen and oxygen atoms in total. The highest BCUT2D eigenvalue weighted by Crippen LogP contribution is 2.23. The summed E-state index contributed by atoms with van der Waals surface area (Å²) in [4.78, 5) is 5.36. The van der Waals surface area contributed by atoms with E-state index in [9.17, 15) is 13.9 Å². The van der Waals surface area contributed by atoms with E-state index in [1.165, 1.54) is 0 Å². The maximum atomic E-state index is 13.4. The lowest BCUT2D eigenvalue weighted by Crippen LogP contribution is -2.37. The summed E-state index contributed by atoms with van der Waals surface area (Å²) in [6, 6.07) is 0.739. The van der Waals surface area contributed by atoms with E-state index in [-0.39, 0.29) is 17.7 Å². The number of rotatable bonds is 1. The number of hydrogen-bond acceptors (Lipinski definition) is 4. The Kier molecular flexibility index (Phi) is 2.91. The van der Waals surface area contributed by atoms with E-state index < -0.39 is 11.6 Å². The minimum Gasteiger partial charge on any atom is -0.393 e. The number of nitrogens with two attached hydrogens (primary N) is 1. The Bertz CT molecular complexity index is 392. The SMILES string of the molecule is Nc1nc(N2CCC(O)CC2)c(F)cc1F. The average Bonchev–Trinajstić information content (AvgIpc) is 2.25. The van der Waals surface area contributed by atoms with E-state index in [0.29, 0.717) is 25.9 Å². The van der Waals surface area contributed by atoms with Crippen LogP contribution in [0.3, 0.4) is 0 Å². The number of aliphatic hydroxyl groups excluding tert-OH is 1. The molecule has 1 aliphatic rings. The molecule has 0 aliphatic carbocycles. The van der Waals surface area contributed by atoms with Gasteiger partial charge in [0.05, 0.1) is 6.10 Å². The second-order valence-corrected chi connectivity index (χ2v) is 3.88. The molecule has 2 rings (SSSR count). The molecule has 88 valence electrons. The first-order valence-corrected chi connectivity index (χ1v) is 5.12. The predicted molar refractivity (Wildman–Crippen MR) is 56.0 cm³/mol. The summed E-state index contributed by atoms with van der Waals surface area (Å²) in [5, 5.41) is 9.32. The van der Waals surface area contributed by atoms with Gasteiger partial charge in [-0.3, -0.25) is 0 Å². The third kappa shape index (κ3) is 2.06. The molecule has 0 unspecified atom stereocenters. The molecule has 0 bridgehead atoms. The van der Waals surface area contributed by atoms with Gasteiger partial charge in [-0.2, -0.15) is 0 Å². The van der Waals surface area contributed by atoms with Crippen LogP contribution in [0.4, 0.5) is 20.4 Å². The number of nitrogen functional groups attached to an aromatic ring is 1. The first-order valence-electron chi connectivity index (χ1n) is 5.12. The monoisotopic (exact) mass is 229 g/mol. The number of halogens is 2. The standard InChI is InChI=1S/C10H13F2N3O/c11-7-5-8(12)10(14-9(7)13)15-3-1-6(16)2-4-15/h5-6,16H,1-4H2,(H2,13,14). The molecule has 0 atom stereocenters. The van der Waals surface area contributed by atoms with Crippen molar-refractivity contribution >= 4 is 11.6 Å². The van der Waals surface area contributed by atoms with E-state index in [1.54, 1.807) is 4.90 Å². The van der Waals surface area contributed by atoms with Gasteiger partial charge in [-0.05, 0) is 12.8 Å². The van der Waals surface area contributed by atoms with Crippen LogP contribution < -0.4 is 10.6 Å². The summed E-state index contributed by atoms with van der Waals surface area (Å²) in [5.41, 5.74) is 5.29. The zero-order valence-corrected chi connectivity index (χ0v) is 8.66. The summed E-state index contributed by atoms with van der Waals surface area (Å²) < 4.78 is 26.4. The first kappa shape index (κ1) is 11.1. The largest absolute Gasteiger partial charge is 0.393 e. The number of pyridine rings is 1. The van der Waals surface area contributed by atoms with Crippen molar-refractivity contribution in [2.24, 2.45) is 0 Å². The van der Waals surface area contributed by atoms with Crippen LogP contribution in [-0.2, 0) is 0 Å². The fourth-order valence-electron chi connectivity index (χ4n) is 1.77. The smallest absolute Gasteiger partial charge is 0.168 e. The number of aromatic nitrogens is 1. The second kappa shape index (κ2) is 4.21. The van der Waals surface area contributed by atoms with E-state index in [4.69, 9.17) is 5.73 Å². The molecule has 0 saturated carbocycles. The van der Waals surface area contributed by atoms with Crippen LogP contribution >= 0.6 is 0 Å². The Morgan fingerprint density at radius 3 is 2.56 bits per heavy atom. The van der Waals surface area contributed by atoms with Crippen molar-refractivity contribution in [3.8, 4) is 0 Å². The lowest BCUT2D eigenvalue weighted by Gasteiger charge is -2.30. The summed E-state index contributed by atoms with van der Waals surface area (Å²) in [7, 11) is 0. The van der Waals surface area contributed by atoms with Gasteiger partial charge in [0.1, 0.15) is 0 Å². The van der Waals surface area contributed by atoms with Crippen molar-refractivity contribution in [1.82, 2.24) is 4.98 Å². The molecule has 16 heavy (non-hydrogen) atoms. The predicted octanol–water partition coefficient (Wildman–Crippen LogP) is 0.903. The molecule has 0 spiro atoms. The molecule has 2 heterocycles. The topological polar surface area (TPSA) is 62.4 Å². The molecule has 1 aromatic rings. The van der Waals surface area contributed by atoms with Crippen molar-refractivity contribution in [2.45, 2.75) is 18.9 Å². The Balaban J connectivity index is 2.23. The number of aliphatic hydroxyl groups is 1. The van der Waals surface area contributed by atoms with Gasteiger partial charge >= 0.3 is 0 Å². The van der Waals surface area contributed by atoms with Crippen molar-refractivity contribution in [3.05, 3.63) is 17.7 Å². The van der Waals surface area contributed by atoms with Gasteiger partial charge in [0.2, 0.25) is 0 Å². The summed E-state index contributed by atoms with van der Waals surface area (Å²) in [6.45, 7) is 0.992. The molecule has 0 aromatic carbocycles. The normalized spacial score (nSPS) is 17.8. The third-order valence-corrected chi connectivity index (χ3v) is 2.70. The second-order valence-electron chi connectivity index (χ2n) is 3.88. The Morgan fingerprint density at radius 2 is 1.94 bits per heavy atom. The first-order chi connectivity index (χ1) is 7.58. The zero-order valence-electron chi connectivity index (χ0n) is 8.66. The van der Waals surface area contributed by atoms with Gasteiger partial charge in [0.15, 0.2) is 23.3 Å². The minimum atomic E-state index is -0.849. The summed E-state index contributed by atoms with van der Waals surface area (Å²) in [6.07, 6.45) is 0.758. The minimum absolute atomic E-state index is 0.0609. The summed E-state index contributed by atoms with van der Waals surface area (Å²) in [5.74, 6) is -1.81. The van der Waals surface area contributed by atoms with Crippen LogP contribution in [0.1, 0.15) is 12.8 Å². The lowest BCUT2D eigenvalue weighted by molar-refractivity contribution is 0.145. The molecular weight excluding hydrogens is 216 g/mol. The molecular formula is C10H13F2N3O. The Morgan fingerprint density at radius 1 is 1.31 bits per heavy atom. The summed E-state index contributed by atoms with van der Waals surface area (Å²) >= 11 is 0. The Hall–Kier alpha value is -1.43. The molecule has 1 aromatic heterocycles. The number of piperidine rings is 1. The molecule has 1 aliphatic heterocycles. The molecule has 1 saturated heterocycles. The van der Waals surface area contributed by atoms with Crippen molar-refractivity contribution < 1.29 is 13.9 Å². The third-order valence-electron chi connectivity index (χ3n) is 2.70. The van der Waals surface area contributed by atoms with Crippen molar-refractivity contribution in [3.63, 3.8) is 0 Å². The molecule has 0 amide bonds. The quantitative estimate of drug-likeness (QED) is 0.751. The Labute approximate surface area is 91.7 Å². The highest BCUT2D eigenvalue weighted by atomic mass is 19.1. The van der Waals surface area contributed by atoms with Gasteiger partial charge in [0.25, 0.3) is 0 Å². The van der Waals surface area contributed by atoms with E-state index >= 15 is 0 Å². The van der Waals surface area contributed by atoms with Crippen LogP contribution in [-0.4, -0.2) is 29.3 Å².